The van der Waals surface area contributed by atoms with E-state index in [1.54, 1.807) is 0 Å². The molecule has 0 spiro atoms. The number of likely N-dealkylation sites (N-methyl/N-ethyl adjacent to an activating group) is 1. The van der Waals surface area contributed by atoms with Crippen molar-refractivity contribution in [1.82, 2.24) is 0 Å². The lowest BCUT2D eigenvalue weighted by molar-refractivity contribution is -0.957. The Morgan fingerprint density at radius 1 is 1.23 bits per heavy atom. The van der Waals surface area contributed by atoms with Gasteiger partial charge in [0.05, 0.1) is 20.2 Å². The molecule has 7 atom stereocenters. The van der Waals surface area contributed by atoms with E-state index in [0.29, 0.717) is 24.3 Å². The molecule has 140 valence electrons. The monoisotopic (exact) mass is 358 g/mol. The van der Waals surface area contributed by atoms with Crippen LogP contribution in [0.1, 0.15) is 37.2 Å². The molecule has 1 saturated carbocycles. The molecule has 4 aliphatic rings. The van der Waals surface area contributed by atoms with Gasteiger partial charge in [-0.2, -0.15) is 0 Å². The molecule has 0 aromatic heterocycles. The summed E-state index contributed by atoms with van der Waals surface area (Å²) < 4.78 is 12.9. The minimum atomic E-state index is -0.589. The highest BCUT2D eigenvalue weighted by atomic mass is 16.6. The lowest BCUT2D eigenvalue weighted by atomic mass is 9.94. The summed E-state index contributed by atoms with van der Waals surface area (Å²) in [5.74, 6) is 0.00309. The number of epoxide rings is 1. The highest BCUT2D eigenvalue weighted by Gasteiger charge is 2.72. The van der Waals surface area contributed by atoms with Crippen LogP contribution in [-0.4, -0.2) is 66.2 Å². The van der Waals surface area contributed by atoms with E-state index in [2.05, 4.69) is 7.05 Å². The van der Waals surface area contributed by atoms with Crippen molar-refractivity contribution in [3.8, 4) is 0 Å². The topological polar surface area (TPSA) is 59.1 Å². The lowest BCUT2D eigenvalue weighted by Gasteiger charge is -2.48. The number of hydrogen-bond acceptors (Lipinski definition) is 4. The maximum absolute atomic E-state index is 12.7. The standard InChI is InChI=1S/C21H28NO4/c1-22(11-13-7-8-13)17-9-15(10-18(22)20-19(17)26-20)25-21(24)16(12-23)14-5-3-2-4-6-14/h2-6,13,15-20,23H,7-12H2,1H3/q+1/t15?,16-,17-,18+,19-,20+,22?/m1/s1. The van der Waals surface area contributed by atoms with E-state index in [9.17, 15) is 9.90 Å². The van der Waals surface area contributed by atoms with Crippen LogP contribution in [0.2, 0.25) is 0 Å². The molecule has 26 heavy (non-hydrogen) atoms. The molecule has 0 radical (unpaired) electrons. The average Bonchev–Trinajstić information content (AvgIpc) is 3.51. The van der Waals surface area contributed by atoms with Crippen molar-refractivity contribution in [3.05, 3.63) is 35.9 Å². The maximum atomic E-state index is 12.7. The van der Waals surface area contributed by atoms with E-state index in [1.165, 1.54) is 19.4 Å². The molecule has 5 rings (SSSR count). The number of rotatable bonds is 6. The predicted octanol–water partition coefficient (Wildman–Crippen LogP) is 1.84. The predicted molar refractivity (Wildman–Crippen MR) is 95.4 cm³/mol. The first-order valence-electron chi connectivity index (χ1n) is 9.97. The molecule has 1 aromatic carbocycles. The van der Waals surface area contributed by atoms with Gasteiger partial charge in [-0.3, -0.25) is 4.79 Å². The molecule has 3 aliphatic heterocycles. The zero-order valence-corrected chi connectivity index (χ0v) is 15.3. The smallest absolute Gasteiger partial charge is 0.316 e. The molecule has 4 fully saturated rings. The summed E-state index contributed by atoms with van der Waals surface area (Å²) in [7, 11) is 2.39. The van der Waals surface area contributed by atoms with Crippen molar-refractivity contribution in [1.29, 1.82) is 0 Å². The minimum absolute atomic E-state index is 0.0444. The van der Waals surface area contributed by atoms with Crippen LogP contribution in [0.4, 0.5) is 0 Å². The first-order chi connectivity index (χ1) is 12.6. The van der Waals surface area contributed by atoms with Gasteiger partial charge in [0.15, 0.2) is 0 Å². The molecule has 5 heteroatoms. The quantitative estimate of drug-likeness (QED) is 0.479. The number of piperidine rings is 1. The zero-order valence-electron chi connectivity index (χ0n) is 15.3. The van der Waals surface area contributed by atoms with Crippen LogP contribution in [-0.2, 0) is 14.3 Å². The van der Waals surface area contributed by atoms with Crippen molar-refractivity contribution in [2.75, 3.05) is 20.2 Å². The van der Waals surface area contributed by atoms with Crippen LogP contribution in [0.25, 0.3) is 0 Å². The van der Waals surface area contributed by atoms with E-state index in [4.69, 9.17) is 9.47 Å². The van der Waals surface area contributed by atoms with E-state index >= 15 is 0 Å². The summed E-state index contributed by atoms with van der Waals surface area (Å²) in [6.45, 7) is 1.04. The van der Waals surface area contributed by atoms with Crippen LogP contribution in [0.5, 0.6) is 0 Å². The van der Waals surface area contributed by atoms with Gasteiger partial charge >= 0.3 is 5.97 Å². The molecule has 2 bridgehead atoms. The number of aliphatic hydroxyl groups excluding tert-OH is 1. The number of aliphatic hydroxyl groups is 1. The van der Waals surface area contributed by atoms with Gasteiger partial charge in [-0.15, -0.1) is 0 Å². The maximum Gasteiger partial charge on any atom is 0.316 e. The molecule has 2 unspecified atom stereocenters. The molecule has 1 aliphatic carbocycles. The Kier molecular flexibility index (Phi) is 3.89. The molecule has 0 amide bonds. The number of morpholine rings is 1. The Bertz CT molecular complexity index is 671. The van der Waals surface area contributed by atoms with E-state index in [-0.39, 0.29) is 18.7 Å². The molecular weight excluding hydrogens is 330 g/mol. The van der Waals surface area contributed by atoms with E-state index in [1.807, 2.05) is 30.3 Å². The third-order valence-electron chi connectivity index (χ3n) is 7.14. The van der Waals surface area contributed by atoms with Gasteiger partial charge < -0.3 is 19.1 Å². The summed E-state index contributed by atoms with van der Waals surface area (Å²) in [6.07, 6.45) is 5.22. The fourth-order valence-corrected chi connectivity index (χ4v) is 5.53. The number of carbonyl (C=O) groups is 1. The number of carbonyl (C=O) groups excluding carboxylic acids is 1. The number of hydrogen-bond donors (Lipinski definition) is 1. The van der Waals surface area contributed by atoms with Gasteiger partial charge in [-0.25, -0.2) is 0 Å². The number of benzene rings is 1. The summed E-state index contributed by atoms with van der Waals surface area (Å²) in [5, 5.41) is 9.71. The fraction of sp³-hybridized carbons (Fsp3) is 0.667. The Morgan fingerprint density at radius 3 is 2.46 bits per heavy atom. The third kappa shape index (κ3) is 2.68. The summed E-state index contributed by atoms with van der Waals surface area (Å²) in [5.41, 5.74) is 0.819. The van der Waals surface area contributed by atoms with E-state index in [0.717, 1.165) is 28.8 Å². The molecule has 3 saturated heterocycles. The molecular formula is C21H28NO4+. The van der Waals surface area contributed by atoms with Crippen molar-refractivity contribution in [2.24, 2.45) is 5.92 Å². The SMILES string of the molecule is C[N+]1(CC2CC2)[C@@H]2CC(OC(=O)[C@H](CO)c3ccccc3)C[C@H]1[C@@H]1O[C@@H]12. The second-order valence-corrected chi connectivity index (χ2v) is 8.85. The van der Waals surface area contributed by atoms with Crippen molar-refractivity contribution < 1.29 is 23.9 Å². The van der Waals surface area contributed by atoms with Gasteiger partial charge in [-0.05, 0) is 18.4 Å². The zero-order chi connectivity index (χ0) is 17.9. The number of esters is 1. The molecule has 1 N–H and O–H groups in total. The Balaban J connectivity index is 1.27. The first kappa shape index (κ1) is 16.7. The summed E-state index contributed by atoms with van der Waals surface area (Å²) in [4.78, 5) is 12.7. The van der Waals surface area contributed by atoms with Crippen LogP contribution in [0, 0.1) is 5.92 Å². The van der Waals surface area contributed by atoms with Gasteiger partial charge in [0.25, 0.3) is 0 Å². The van der Waals surface area contributed by atoms with Crippen LogP contribution in [0.15, 0.2) is 30.3 Å². The van der Waals surface area contributed by atoms with Gasteiger partial charge in [0.1, 0.15) is 36.3 Å². The second-order valence-electron chi connectivity index (χ2n) is 8.85. The summed E-state index contributed by atoms with van der Waals surface area (Å²) >= 11 is 0. The van der Waals surface area contributed by atoms with Crippen molar-refractivity contribution in [3.63, 3.8) is 0 Å². The normalized spacial score (nSPS) is 41.4. The number of nitrogens with zero attached hydrogens (tertiary/aromatic N) is 1. The van der Waals surface area contributed by atoms with Crippen LogP contribution < -0.4 is 0 Å². The highest BCUT2D eigenvalue weighted by molar-refractivity contribution is 5.78. The van der Waals surface area contributed by atoms with Crippen molar-refractivity contribution in [2.45, 2.75) is 62.0 Å². The number of ether oxygens (including phenoxy) is 2. The van der Waals surface area contributed by atoms with Gasteiger partial charge in [0, 0.05) is 18.8 Å². The number of quaternary nitrogens is 1. The number of fused-ring (bicyclic) bond motifs is 5. The Labute approximate surface area is 154 Å². The van der Waals surface area contributed by atoms with Gasteiger partial charge in [-0.1, -0.05) is 30.3 Å². The van der Waals surface area contributed by atoms with E-state index < -0.39 is 5.92 Å². The summed E-state index contributed by atoms with van der Waals surface area (Å²) in [6, 6.07) is 10.4. The first-order valence-corrected chi connectivity index (χ1v) is 9.97. The van der Waals surface area contributed by atoms with Gasteiger partial charge in [0.2, 0.25) is 0 Å². The third-order valence-corrected chi connectivity index (χ3v) is 7.14. The lowest BCUT2D eigenvalue weighted by Crippen LogP contribution is -2.63. The average molecular weight is 358 g/mol. The van der Waals surface area contributed by atoms with Crippen LogP contribution in [0.3, 0.4) is 0 Å². The Morgan fingerprint density at radius 2 is 1.88 bits per heavy atom. The second kappa shape index (κ2) is 6.04. The largest absolute Gasteiger partial charge is 0.461 e. The molecule has 1 aromatic rings. The van der Waals surface area contributed by atoms with Crippen LogP contribution >= 0.6 is 0 Å². The highest BCUT2D eigenvalue weighted by Crippen LogP contribution is 2.54. The molecule has 3 heterocycles. The fourth-order valence-electron chi connectivity index (χ4n) is 5.53. The molecule has 5 nitrogen and oxygen atoms in total. The minimum Gasteiger partial charge on any atom is -0.461 e. The van der Waals surface area contributed by atoms with Crippen molar-refractivity contribution >= 4 is 5.97 Å². The Hall–Kier alpha value is -1.43.